The van der Waals surface area contributed by atoms with Gasteiger partial charge in [-0.3, -0.25) is 4.79 Å². The summed E-state index contributed by atoms with van der Waals surface area (Å²) in [6, 6.07) is 5.74. The van der Waals surface area contributed by atoms with Crippen LogP contribution in [0.4, 0.5) is 0 Å². The van der Waals surface area contributed by atoms with E-state index in [2.05, 4.69) is 0 Å². The van der Waals surface area contributed by atoms with Crippen LogP contribution in [0.25, 0.3) is 0 Å². The molecular weight excluding hydrogens is 260 g/mol. The first-order valence-corrected chi connectivity index (χ1v) is 8.40. The first-order valence-electron chi connectivity index (χ1n) is 6.51. The maximum atomic E-state index is 12.6. The second-order valence-electron chi connectivity index (χ2n) is 5.31. The van der Waals surface area contributed by atoms with Crippen LogP contribution in [0.2, 0.25) is 0 Å². The Hall–Kier alpha value is -1.16. The fraction of sp³-hybridized carbons (Fsp3) is 0.533. The van der Waals surface area contributed by atoms with E-state index in [4.69, 9.17) is 0 Å². The largest absolute Gasteiger partial charge is 0.292 e. The highest BCUT2D eigenvalue weighted by Crippen LogP contribution is 2.25. The number of hydrogen-bond acceptors (Lipinski definition) is 3. The Bertz CT molecular complexity index is 583. The standard InChI is InChI=1S/C15H22O3S/c1-6-11-8-9-12(7-2)13(10-11)14(16)15(3,4)19(5,17)18/h8-10H,6-7H2,1-5H3. The lowest BCUT2D eigenvalue weighted by Gasteiger charge is -2.22. The van der Waals surface area contributed by atoms with Crippen LogP contribution < -0.4 is 0 Å². The highest BCUT2D eigenvalue weighted by atomic mass is 32.2. The molecule has 19 heavy (non-hydrogen) atoms. The molecule has 1 rings (SSSR count). The van der Waals surface area contributed by atoms with E-state index < -0.39 is 14.6 Å². The van der Waals surface area contributed by atoms with E-state index in [0.717, 1.165) is 23.8 Å². The molecule has 0 aliphatic rings. The Morgan fingerprint density at radius 1 is 1.16 bits per heavy atom. The van der Waals surface area contributed by atoms with Crippen molar-refractivity contribution < 1.29 is 13.2 Å². The third kappa shape index (κ3) is 3.06. The Labute approximate surface area is 116 Å². The lowest BCUT2D eigenvalue weighted by atomic mass is 9.92. The van der Waals surface area contributed by atoms with Crippen LogP contribution in [0.5, 0.6) is 0 Å². The van der Waals surface area contributed by atoms with E-state index in [9.17, 15) is 13.2 Å². The monoisotopic (exact) mass is 282 g/mol. The number of benzene rings is 1. The van der Waals surface area contributed by atoms with E-state index in [1.807, 2.05) is 32.0 Å². The minimum absolute atomic E-state index is 0.317. The summed E-state index contributed by atoms with van der Waals surface area (Å²) in [5, 5.41) is 0. The molecule has 0 atom stereocenters. The molecule has 0 saturated carbocycles. The number of aryl methyl sites for hydroxylation is 2. The number of sulfone groups is 1. The molecule has 0 spiro atoms. The topological polar surface area (TPSA) is 51.2 Å². The van der Waals surface area contributed by atoms with Gasteiger partial charge in [-0.15, -0.1) is 0 Å². The van der Waals surface area contributed by atoms with Crippen molar-refractivity contribution in [1.29, 1.82) is 0 Å². The molecule has 0 saturated heterocycles. The third-order valence-corrected chi connectivity index (χ3v) is 5.72. The molecule has 4 heteroatoms. The zero-order valence-electron chi connectivity index (χ0n) is 12.3. The van der Waals surface area contributed by atoms with Gasteiger partial charge in [0.15, 0.2) is 15.6 Å². The van der Waals surface area contributed by atoms with Crippen LogP contribution in [0, 0.1) is 0 Å². The van der Waals surface area contributed by atoms with E-state index >= 15 is 0 Å². The van der Waals surface area contributed by atoms with Gasteiger partial charge in [-0.1, -0.05) is 26.0 Å². The third-order valence-electron chi connectivity index (χ3n) is 3.68. The van der Waals surface area contributed by atoms with Gasteiger partial charge in [0.05, 0.1) is 0 Å². The van der Waals surface area contributed by atoms with Crippen molar-refractivity contribution in [2.24, 2.45) is 0 Å². The first-order chi connectivity index (χ1) is 8.65. The summed E-state index contributed by atoms with van der Waals surface area (Å²) in [6.07, 6.45) is 2.65. The normalized spacial score (nSPS) is 12.5. The average molecular weight is 282 g/mol. The van der Waals surface area contributed by atoms with Gasteiger partial charge in [0, 0.05) is 11.8 Å². The average Bonchev–Trinajstić information content (AvgIpc) is 2.35. The highest BCUT2D eigenvalue weighted by molar-refractivity contribution is 7.92. The zero-order valence-corrected chi connectivity index (χ0v) is 13.1. The summed E-state index contributed by atoms with van der Waals surface area (Å²) in [5.41, 5.74) is 2.49. The molecule has 0 radical (unpaired) electrons. The summed E-state index contributed by atoms with van der Waals surface area (Å²) < 4.78 is 22.2. The van der Waals surface area contributed by atoms with Crippen molar-refractivity contribution in [2.45, 2.75) is 45.3 Å². The van der Waals surface area contributed by atoms with Gasteiger partial charge in [-0.2, -0.15) is 0 Å². The molecule has 1 aromatic rings. The smallest absolute Gasteiger partial charge is 0.183 e. The van der Waals surface area contributed by atoms with Crippen LogP contribution in [-0.4, -0.2) is 25.2 Å². The Morgan fingerprint density at radius 2 is 1.74 bits per heavy atom. The Kier molecular flexibility index (Phi) is 4.56. The van der Waals surface area contributed by atoms with E-state index in [-0.39, 0.29) is 5.78 Å². The molecule has 0 aliphatic carbocycles. The molecule has 0 fully saturated rings. The SMILES string of the molecule is CCc1ccc(CC)c(C(=O)C(C)(C)S(C)(=O)=O)c1. The van der Waals surface area contributed by atoms with E-state index in [1.54, 1.807) is 0 Å². The highest BCUT2D eigenvalue weighted by Gasteiger charge is 2.39. The number of rotatable bonds is 5. The number of hydrogen-bond donors (Lipinski definition) is 0. The summed E-state index contributed by atoms with van der Waals surface area (Å²) in [4.78, 5) is 12.6. The lowest BCUT2D eigenvalue weighted by molar-refractivity contribution is 0.0953. The summed E-state index contributed by atoms with van der Waals surface area (Å²) in [5.74, 6) is -0.317. The quantitative estimate of drug-likeness (QED) is 0.780. The minimum atomic E-state index is -3.44. The summed E-state index contributed by atoms with van der Waals surface area (Å²) in [6.45, 7) is 6.92. The van der Waals surface area contributed by atoms with Crippen molar-refractivity contribution in [3.63, 3.8) is 0 Å². The van der Waals surface area contributed by atoms with E-state index in [0.29, 0.717) is 12.0 Å². The zero-order chi connectivity index (χ0) is 14.8. The van der Waals surface area contributed by atoms with Crippen molar-refractivity contribution in [3.8, 4) is 0 Å². The predicted molar refractivity (Wildman–Crippen MR) is 78.5 cm³/mol. The van der Waals surface area contributed by atoms with Crippen molar-refractivity contribution in [2.75, 3.05) is 6.26 Å². The minimum Gasteiger partial charge on any atom is -0.292 e. The lowest BCUT2D eigenvalue weighted by Crippen LogP contribution is -2.40. The van der Waals surface area contributed by atoms with Crippen molar-refractivity contribution >= 4 is 15.6 Å². The predicted octanol–water partition coefficient (Wildman–Crippen LogP) is 2.82. The van der Waals surface area contributed by atoms with Gasteiger partial charge in [-0.05, 0) is 43.9 Å². The van der Waals surface area contributed by atoms with Gasteiger partial charge < -0.3 is 0 Å². The molecule has 0 amide bonds. The summed E-state index contributed by atoms with van der Waals surface area (Å²) in [7, 11) is -3.44. The molecule has 106 valence electrons. The summed E-state index contributed by atoms with van der Waals surface area (Å²) >= 11 is 0. The number of carbonyl (C=O) groups excluding carboxylic acids is 1. The maximum Gasteiger partial charge on any atom is 0.183 e. The van der Waals surface area contributed by atoms with Crippen LogP contribution in [0.15, 0.2) is 18.2 Å². The molecule has 0 heterocycles. The molecule has 1 aromatic carbocycles. The first kappa shape index (κ1) is 15.9. The molecule has 0 aliphatic heterocycles. The number of ketones is 1. The second kappa shape index (κ2) is 5.45. The Morgan fingerprint density at radius 3 is 2.16 bits per heavy atom. The fourth-order valence-electron chi connectivity index (χ4n) is 1.86. The van der Waals surface area contributed by atoms with Gasteiger partial charge in [0.25, 0.3) is 0 Å². The van der Waals surface area contributed by atoms with Crippen LogP contribution in [0.3, 0.4) is 0 Å². The second-order valence-corrected chi connectivity index (χ2v) is 7.88. The van der Waals surface area contributed by atoms with Crippen LogP contribution in [-0.2, 0) is 22.7 Å². The Balaban J connectivity index is 3.41. The van der Waals surface area contributed by atoms with E-state index in [1.165, 1.54) is 13.8 Å². The van der Waals surface area contributed by atoms with Crippen LogP contribution >= 0.6 is 0 Å². The maximum absolute atomic E-state index is 12.6. The molecule has 3 nitrogen and oxygen atoms in total. The molecule has 0 aromatic heterocycles. The van der Waals surface area contributed by atoms with Gasteiger partial charge in [-0.25, -0.2) is 8.42 Å². The van der Waals surface area contributed by atoms with Crippen molar-refractivity contribution in [1.82, 2.24) is 0 Å². The molecule has 0 unspecified atom stereocenters. The molecular formula is C15H22O3S. The number of carbonyl (C=O) groups is 1. The van der Waals surface area contributed by atoms with Crippen molar-refractivity contribution in [3.05, 3.63) is 34.9 Å². The van der Waals surface area contributed by atoms with Gasteiger partial charge in [0.1, 0.15) is 4.75 Å². The van der Waals surface area contributed by atoms with Gasteiger partial charge >= 0.3 is 0 Å². The van der Waals surface area contributed by atoms with Gasteiger partial charge in [0.2, 0.25) is 0 Å². The molecule has 0 N–H and O–H groups in total. The fourth-order valence-corrected chi connectivity index (χ4v) is 2.30. The molecule has 0 bridgehead atoms. The number of Topliss-reactive ketones (excluding diaryl/α,β-unsaturated/α-hetero) is 1. The van der Waals surface area contributed by atoms with Crippen LogP contribution in [0.1, 0.15) is 49.2 Å².